The third-order valence-electron chi connectivity index (χ3n) is 3.47. The van der Waals surface area contributed by atoms with Crippen LogP contribution in [0.4, 0.5) is 0 Å². The zero-order chi connectivity index (χ0) is 15.2. The second kappa shape index (κ2) is 7.14. The van der Waals surface area contributed by atoms with E-state index >= 15 is 0 Å². The standard InChI is InChI=1S/C15H16N2O3S/c16-7-9-21-13-6-2-1-5-12(13)14(18)17-8-3-4-11(10-17)15(19)20/h1-2,5-6,11H,3-4,8-10H2,(H,19,20)/t11-/m0/s1. The first-order valence-corrected chi connectivity index (χ1v) is 7.73. The van der Waals surface area contributed by atoms with Gasteiger partial charge in [0, 0.05) is 18.0 Å². The summed E-state index contributed by atoms with van der Waals surface area (Å²) in [7, 11) is 0. The summed E-state index contributed by atoms with van der Waals surface area (Å²) in [5.41, 5.74) is 0.545. The van der Waals surface area contributed by atoms with Gasteiger partial charge in [0.1, 0.15) is 0 Å². The number of carbonyl (C=O) groups excluding carboxylic acids is 1. The number of nitrogens with zero attached hydrogens (tertiary/aromatic N) is 2. The van der Waals surface area contributed by atoms with Crippen LogP contribution in [0.2, 0.25) is 0 Å². The zero-order valence-electron chi connectivity index (χ0n) is 11.5. The van der Waals surface area contributed by atoms with Crippen LogP contribution in [0.15, 0.2) is 29.2 Å². The van der Waals surface area contributed by atoms with Crippen molar-refractivity contribution < 1.29 is 14.7 Å². The summed E-state index contributed by atoms with van der Waals surface area (Å²) in [5, 5.41) is 17.8. The van der Waals surface area contributed by atoms with Crippen molar-refractivity contribution in [3.05, 3.63) is 29.8 Å². The fraction of sp³-hybridized carbons (Fsp3) is 0.400. The van der Waals surface area contributed by atoms with Gasteiger partial charge in [0.05, 0.1) is 23.3 Å². The predicted octanol–water partition coefficient (Wildman–Crippen LogP) is 2.24. The molecule has 0 spiro atoms. The predicted molar refractivity (Wildman–Crippen MR) is 79.0 cm³/mol. The average molecular weight is 304 g/mol. The molecule has 1 heterocycles. The molecule has 0 radical (unpaired) electrons. The number of carboxylic acid groups (broad SMARTS) is 1. The van der Waals surface area contributed by atoms with Gasteiger partial charge in [0.2, 0.25) is 0 Å². The minimum Gasteiger partial charge on any atom is -0.481 e. The minimum atomic E-state index is -0.848. The smallest absolute Gasteiger partial charge is 0.308 e. The molecule has 0 saturated carbocycles. The van der Waals surface area contributed by atoms with Crippen LogP contribution in [0.3, 0.4) is 0 Å². The Morgan fingerprint density at radius 1 is 1.43 bits per heavy atom. The molecular weight excluding hydrogens is 288 g/mol. The molecule has 0 aromatic heterocycles. The van der Waals surface area contributed by atoms with Gasteiger partial charge in [-0.15, -0.1) is 11.8 Å². The lowest BCUT2D eigenvalue weighted by molar-refractivity contribution is -0.143. The van der Waals surface area contributed by atoms with Gasteiger partial charge in [-0.1, -0.05) is 12.1 Å². The van der Waals surface area contributed by atoms with Gasteiger partial charge in [0.15, 0.2) is 0 Å². The number of rotatable bonds is 4. The van der Waals surface area contributed by atoms with E-state index in [9.17, 15) is 9.59 Å². The summed E-state index contributed by atoms with van der Waals surface area (Å²) >= 11 is 1.32. The lowest BCUT2D eigenvalue weighted by Gasteiger charge is -2.31. The molecule has 1 amide bonds. The summed E-state index contributed by atoms with van der Waals surface area (Å²) in [5.74, 6) is -1.20. The van der Waals surface area contributed by atoms with E-state index in [2.05, 4.69) is 0 Å². The Kier molecular flexibility index (Phi) is 5.23. The van der Waals surface area contributed by atoms with E-state index in [1.54, 1.807) is 17.0 Å². The number of hydrogen-bond acceptors (Lipinski definition) is 4. The molecule has 6 heteroatoms. The number of amides is 1. The number of benzene rings is 1. The lowest BCUT2D eigenvalue weighted by Crippen LogP contribution is -2.42. The number of hydrogen-bond donors (Lipinski definition) is 1. The third kappa shape index (κ3) is 3.76. The van der Waals surface area contributed by atoms with Gasteiger partial charge in [-0.2, -0.15) is 5.26 Å². The summed E-state index contributed by atoms with van der Waals surface area (Å²) in [6.07, 6.45) is 1.32. The molecule has 1 aliphatic rings. The molecule has 110 valence electrons. The Morgan fingerprint density at radius 2 is 2.19 bits per heavy atom. The molecule has 1 atom stereocenters. The van der Waals surface area contributed by atoms with Gasteiger partial charge in [-0.25, -0.2) is 0 Å². The van der Waals surface area contributed by atoms with Crippen LogP contribution in [0, 0.1) is 17.2 Å². The fourth-order valence-corrected chi connectivity index (χ4v) is 3.12. The molecule has 1 saturated heterocycles. The maximum atomic E-state index is 12.6. The Bertz CT molecular complexity index is 583. The average Bonchev–Trinajstić information content (AvgIpc) is 2.52. The molecule has 5 nitrogen and oxygen atoms in total. The lowest BCUT2D eigenvalue weighted by atomic mass is 9.97. The van der Waals surface area contributed by atoms with Gasteiger partial charge < -0.3 is 10.0 Å². The molecule has 1 aliphatic heterocycles. The number of nitriles is 1. The van der Waals surface area contributed by atoms with Gasteiger partial charge in [-0.3, -0.25) is 9.59 Å². The normalized spacial score (nSPS) is 18.0. The Balaban J connectivity index is 2.16. The second-order valence-electron chi connectivity index (χ2n) is 4.87. The van der Waals surface area contributed by atoms with Crippen molar-refractivity contribution in [2.45, 2.75) is 17.7 Å². The summed E-state index contributed by atoms with van der Waals surface area (Å²) in [6, 6.07) is 9.19. The van der Waals surface area contributed by atoms with Crippen molar-refractivity contribution >= 4 is 23.6 Å². The first-order valence-electron chi connectivity index (χ1n) is 6.74. The van der Waals surface area contributed by atoms with Crippen molar-refractivity contribution in [3.8, 4) is 6.07 Å². The van der Waals surface area contributed by atoms with Crippen LogP contribution in [0.25, 0.3) is 0 Å². The zero-order valence-corrected chi connectivity index (χ0v) is 12.3. The SMILES string of the molecule is N#CCSc1ccccc1C(=O)N1CCC[C@H](C(=O)O)C1. The number of aliphatic carboxylic acids is 1. The number of likely N-dealkylation sites (tertiary alicyclic amines) is 1. The maximum Gasteiger partial charge on any atom is 0.308 e. The monoisotopic (exact) mass is 304 g/mol. The molecule has 0 bridgehead atoms. The van der Waals surface area contributed by atoms with Gasteiger partial charge in [0.25, 0.3) is 5.91 Å². The summed E-state index contributed by atoms with van der Waals surface area (Å²) < 4.78 is 0. The molecule has 2 rings (SSSR count). The second-order valence-corrected chi connectivity index (χ2v) is 5.89. The highest BCUT2D eigenvalue weighted by atomic mass is 32.2. The van der Waals surface area contributed by atoms with Crippen LogP contribution < -0.4 is 0 Å². The van der Waals surface area contributed by atoms with Crippen molar-refractivity contribution in [1.82, 2.24) is 4.90 Å². The van der Waals surface area contributed by atoms with E-state index < -0.39 is 11.9 Å². The summed E-state index contributed by atoms with van der Waals surface area (Å²) in [6.45, 7) is 0.839. The Hall–Kier alpha value is -2.00. The summed E-state index contributed by atoms with van der Waals surface area (Å²) in [4.78, 5) is 26.0. The van der Waals surface area contributed by atoms with Crippen molar-refractivity contribution in [3.63, 3.8) is 0 Å². The molecule has 1 N–H and O–H groups in total. The molecular formula is C15H16N2O3S. The molecule has 1 aromatic rings. The Morgan fingerprint density at radius 3 is 2.90 bits per heavy atom. The topological polar surface area (TPSA) is 81.4 Å². The van der Waals surface area contributed by atoms with Crippen molar-refractivity contribution in [1.29, 1.82) is 5.26 Å². The van der Waals surface area contributed by atoms with Crippen LogP contribution in [0.1, 0.15) is 23.2 Å². The van der Waals surface area contributed by atoms with E-state index in [1.165, 1.54) is 11.8 Å². The van der Waals surface area contributed by atoms with E-state index in [1.807, 2.05) is 18.2 Å². The molecule has 1 fully saturated rings. The van der Waals surface area contributed by atoms with Crippen LogP contribution >= 0.6 is 11.8 Å². The molecule has 0 aliphatic carbocycles. The maximum absolute atomic E-state index is 12.6. The number of carbonyl (C=O) groups is 2. The third-order valence-corrected chi connectivity index (χ3v) is 4.41. The van der Waals surface area contributed by atoms with E-state index in [4.69, 9.17) is 10.4 Å². The highest BCUT2D eigenvalue weighted by Gasteiger charge is 2.29. The first-order chi connectivity index (χ1) is 10.1. The number of carboxylic acids is 1. The first kappa shape index (κ1) is 15.4. The quantitative estimate of drug-likeness (QED) is 0.863. The number of thioether (sulfide) groups is 1. The van der Waals surface area contributed by atoms with Gasteiger partial charge >= 0.3 is 5.97 Å². The number of piperidine rings is 1. The highest BCUT2D eigenvalue weighted by molar-refractivity contribution is 7.99. The van der Waals surface area contributed by atoms with Crippen LogP contribution in [0.5, 0.6) is 0 Å². The van der Waals surface area contributed by atoms with Crippen molar-refractivity contribution in [2.75, 3.05) is 18.8 Å². The van der Waals surface area contributed by atoms with Crippen molar-refractivity contribution in [2.24, 2.45) is 5.92 Å². The van der Waals surface area contributed by atoms with E-state index in [0.717, 1.165) is 4.90 Å². The van der Waals surface area contributed by atoms with Gasteiger partial charge in [-0.05, 0) is 25.0 Å². The Labute approximate surface area is 127 Å². The largest absolute Gasteiger partial charge is 0.481 e. The molecule has 1 aromatic carbocycles. The van der Waals surface area contributed by atoms with E-state index in [0.29, 0.717) is 24.9 Å². The molecule has 0 unspecified atom stereocenters. The van der Waals surface area contributed by atoms with E-state index in [-0.39, 0.29) is 18.2 Å². The van der Waals surface area contributed by atoms with Crippen LogP contribution in [-0.2, 0) is 4.79 Å². The fourth-order valence-electron chi connectivity index (χ4n) is 2.41. The highest BCUT2D eigenvalue weighted by Crippen LogP contribution is 2.25. The van der Waals surface area contributed by atoms with Crippen LogP contribution in [-0.4, -0.2) is 40.7 Å². The molecule has 21 heavy (non-hydrogen) atoms. The minimum absolute atomic E-state index is 0.151.